The van der Waals surface area contributed by atoms with Crippen molar-refractivity contribution in [1.82, 2.24) is 0 Å². The second kappa shape index (κ2) is 3.01. The molecule has 0 fully saturated rings. The Morgan fingerprint density at radius 3 is 2.22 bits per heavy atom. The molecule has 0 aliphatic rings. The van der Waals surface area contributed by atoms with Crippen molar-refractivity contribution in [3.63, 3.8) is 0 Å². The summed E-state index contributed by atoms with van der Waals surface area (Å²) in [5.74, 6) is -0.0710. The fraction of sp³-hybridized carbons (Fsp3) is 0.500. The molecule has 0 rings (SSSR count). The van der Waals surface area contributed by atoms with Crippen molar-refractivity contribution in [2.24, 2.45) is 0 Å². The summed E-state index contributed by atoms with van der Waals surface area (Å²) in [5, 5.41) is 8.43. The van der Waals surface area contributed by atoms with E-state index < -0.39 is 13.8 Å². The first kappa shape index (κ1) is 8.69. The average molecular weight is 152 g/mol. The normalized spacial score (nSPS) is 13.9. The van der Waals surface area contributed by atoms with Gasteiger partial charge in [0.1, 0.15) is 0 Å². The SMILES string of the molecule is C/C(O)=C\CP(=O)(O)O. The van der Waals surface area contributed by atoms with Crippen molar-refractivity contribution in [2.45, 2.75) is 6.92 Å². The van der Waals surface area contributed by atoms with Crippen LogP contribution in [0, 0.1) is 0 Å². The molecule has 54 valence electrons. The first-order valence-electron chi connectivity index (χ1n) is 2.32. The van der Waals surface area contributed by atoms with Gasteiger partial charge < -0.3 is 14.9 Å². The molecule has 0 atom stereocenters. The minimum atomic E-state index is -3.96. The van der Waals surface area contributed by atoms with Gasteiger partial charge in [-0.05, 0) is 13.0 Å². The Kier molecular flexibility index (Phi) is 2.91. The molecule has 0 aliphatic carbocycles. The van der Waals surface area contributed by atoms with Crippen LogP contribution in [-0.2, 0) is 4.57 Å². The highest BCUT2D eigenvalue weighted by Crippen LogP contribution is 2.34. The van der Waals surface area contributed by atoms with Gasteiger partial charge in [0, 0.05) is 0 Å². The molecule has 0 saturated carbocycles. The first-order valence-corrected chi connectivity index (χ1v) is 4.12. The van der Waals surface area contributed by atoms with E-state index in [0.29, 0.717) is 0 Å². The largest absolute Gasteiger partial charge is 0.513 e. The Balaban J connectivity index is 3.79. The molecule has 9 heavy (non-hydrogen) atoms. The Morgan fingerprint density at radius 1 is 1.67 bits per heavy atom. The quantitative estimate of drug-likeness (QED) is 0.400. The summed E-state index contributed by atoms with van der Waals surface area (Å²) in [6, 6.07) is 0. The lowest BCUT2D eigenvalue weighted by molar-refractivity contribution is 0.374. The van der Waals surface area contributed by atoms with Crippen LogP contribution in [0.25, 0.3) is 0 Å². The highest BCUT2D eigenvalue weighted by atomic mass is 31.2. The van der Waals surface area contributed by atoms with Gasteiger partial charge in [-0.3, -0.25) is 4.57 Å². The predicted octanol–water partition coefficient (Wildman–Crippen LogP) is 0.626. The summed E-state index contributed by atoms with van der Waals surface area (Å²) >= 11 is 0. The molecular weight excluding hydrogens is 143 g/mol. The van der Waals surface area contributed by atoms with Crippen molar-refractivity contribution in [3.05, 3.63) is 11.8 Å². The molecule has 0 spiro atoms. The molecule has 0 aliphatic heterocycles. The Hall–Kier alpha value is -0.310. The van der Waals surface area contributed by atoms with Crippen LogP contribution in [0.4, 0.5) is 0 Å². The third-order valence-corrected chi connectivity index (χ3v) is 1.28. The van der Waals surface area contributed by atoms with Crippen molar-refractivity contribution >= 4 is 7.60 Å². The lowest BCUT2D eigenvalue weighted by atomic mass is 10.5. The zero-order chi connectivity index (χ0) is 7.49. The van der Waals surface area contributed by atoms with Crippen molar-refractivity contribution in [1.29, 1.82) is 0 Å². The van der Waals surface area contributed by atoms with E-state index in [1.54, 1.807) is 0 Å². The maximum atomic E-state index is 10.1. The fourth-order valence-electron chi connectivity index (χ4n) is 0.251. The lowest BCUT2D eigenvalue weighted by Crippen LogP contribution is -1.83. The van der Waals surface area contributed by atoms with E-state index in [0.717, 1.165) is 6.08 Å². The summed E-state index contributed by atoms with van der Waals surface area (Å²) in [6.45, 7) is 1.36. The van der Waals surface area contributed by atoms with Crippen LogP contribution in [0.2, 0.25) is 0 Å². The maximum absolute atomic E-state index is 10.1. The smallest absolute Gasteiger partial charge is 0.329 e. The molecule has 0 aromatic carbocycles. The number of hydrogen-bond donors (Lipinski definition) is 3. The molecule has 5 heteroatoms. The van der Waals surface area contributed by atoms with Gasteiger partial charge in [0.15, 0.2) is 0 Å². The first-order chi connectivity index (χ1) is 3.92. The zero-order valence-corrected chi connectivity index (χ0v) is 5.88. The summed E-state index contributed by atoms with van der Waals surface area (Å²) < 4.78 is 10.1. The minimum absolute atomic E-state index is 0.0710. The third-order valence-electron chi connectivity index (χ3n) is 0.625. The van der Waals surface area contributed by atoms with Crippen LogP contribution < -0.4 is 0 Å². The highest BCUT2D eigenvalue weighted by molar-refractivity contribution is 7.51. The Morgan fingerprint density at radius 2 is 2.11 bits per heavy atom. The standard InChI is InChI=1S/C4H9O4P/c1-4(5)2-3-9(6,7)8/h2,5H,3H2,1H3,(H2,6,7,8)/b4-2+. The van der Waals surface area contributed by atoms with Crippen LogP contribution in [-0.4, -0.2) is 21.1 Å². The van der Waals surface area contributed by atoms with E-state index in [1.165, 1.54) is 6.92 Å². The summed E-state index contributed by atoms with van der Waals surface area (Å²) in [5.41, 5.74) is 0. The Bertz CT molecular complexity index is 152. The number of allylic oxidation sites excluding steroid dienone is 2. The van der Waals surface area contributed by atoms with E-state index in [4.69, 9.17) is 14.9 Å². The monoisotopic (exact) mass is 152 g/mol. The molecule has 0 heterocycles. The molecule has 0 unspecified atom stereocenters. The van der Waals surface area contributed by atoms with Crippen molar-refractivity contribution < 1.29 is 19.5 Å². The Labute approximate surface area is 53.0 Å². The summed E-state index contributed by atoms with van der Waals surface area (Å²) in [6.07, 6.45) is 0.691. The number of hydrogen-bond acceptors (Lipinski definition) is 2. The van der Waals surface area contributed by atoms with Crippen molar-refractivity contribution in [3.8, 4) is 0 Å². The zero-order valence-electron chi connectivity index (χ0n) is 4.98. The van der Waals surface area contributed by atoms with Crippen LogP contribution in [0.3, 0.4) is 0 Å². The van der Waals surface area contributed by atoms with E-state index >= 15 is 0 Å². The average Bonchev–Trinajstić information content (AvgIpc) is 1.59. The molecule has 0 radical (unpaired) electrons. The maximum Gasteiger partial charge on any atom is 0.329 e. The predicted molar refractivity (Wildman–Crippen MR) is 33.3 cm³/mol. The molecule has 0 amide bonds. The van der Waals surface area contributed by atoms with Gasteiger partial charge in [-0.25, -0.2) is 0 Å². The van der Waals surface area contributed by atoms with Crippen LogP contribution in [0.5, 0.6) is 0 Å². The molecule has 0 aromatic heterocycles. The number of rotatable bonds is 2. The molecule has 0 bridgehead atoms. The van der Waals surface area contributed by atoms with Gasteiger partial charge in [-0.15, -0.1) is 0 Å². The van der Waals surface area contributed by atoms with Gasteiger partial charge in [0.05, 0.1) is 11.9 Å². The second-order valence-electron chi connectivity index (χ2n) is 1.69. The van der Waals surface area contributed by atoms with Crippen LogP contribution in [0.1, 0.15) is 6.92 Å². The summed E-state index contributed by atoms with van der Waals surface area (Å²) in [7, 11) is -3.96. The molecular formula is C4H9O4P. The molecule has 0 aromatic rings. The molecule has 3 N–H and O–H groups in total. The van der Waals surface area contributed by atoms with Gasteiger partial charge in [0.25, 0.3) is 0 Å². The molecule has 0 saturated heterocycles. The van der Waals surface area contributed by atoms with Gasteiger partial charge >= 0.3 is 7.60 Å². The number of aliphatic hydroxyl groups is 1. The topological polar surface area (TPSA) is 77.8 Å². The number of aliphatic hydroxyl groups excluding tert-OH is 1. The van der Waals surface area contributed by atoms with E-state index in [1.807, 2.05) is 0 Å². The van der Waals surface area contributed by atoms with E-state index in [9.17, 15) is 4.57 Å². The van der Waals surface area contributed by atoms with Gasteiger partial charge in [0.2, 0.25) is 0 Å². The molecule has 4 nitrogen and oxygen atoms in total. The lowest BCUT2D eigenvalue weighted by Gasteiger charge is -1.96. The van der Waals surface area contributed by atoms with Gasteiger partial charge in [-0.2, -0.15) is 0 Å². The second-order valence-corrected chi connectivity index (χ2v) is 3.39. The van der Waals surface area contributed by atoms with E-state index in [-0.39, 0.29) is 5.76 Å². The van der Waals surface area contributed by atoms with E-state index in [2.05, 4.69) is 0 Å². The third kappa shape index (κ3) is 7.69. The van der Waals surface area contributed by atoms with Crippen LogP contribution >= 0.6 is 7.60 Å². The minimum Gasteiger partial charge on any atom is -0.513 e. The summed E-state index contributed by atoms with van der Waals surface area (Å²) in [4.78, 5) is 16.4. The fourth-order valence-corrected chi connectivity index (χ4v) is 0.753. The van der Waals surface area contributed by atoms with Crippen LogP contribution in [0.15, 0.2) is 11.8 Å². The van der Waals surface area contributed by atoms with Crippen molar-refractivity contribution in [2.75, 3.05) is 6.16 Å². The highest BCUT2D eigenvalue weighted by Gasteiger charge is 2.08. The van der Waals surface area contributed by atoms with Gasteiger partial charge in [-0.1, -0.05) is 0 Å².